The van der Waals surface area contributed by atoms with Gasteiger partial charge in [-0.1, -0.05) is 0 Å². The van der Waals surface area contributed by atoms with E-state index in [1.807, 2.05) is 0 Å². The van der Waals surface area contributed by atoms with E-state index >= 15 is 0 Å². The molecule has 8 heteroatoms. The first kappa shape index (κ1) is 19.0. The van der Waals surface area contributed by atoms with Crippen molar-refractivity contribution in [2.24, 2.45) is 11.8 Å². The molecule has 1 amide bonds. The Morgan fingerprint density at radius 2 is 2.04 bits per heavy atom. The monoisotopic (exact) mass is 359 g/mol. The van der Waals surface area contributed by atoms with Crippen LogP contribution in [-0.2, 0) is 11.2 Å². The lowest BCUT2D eigenvalue weighted by Gasteiger charge is -2.43. The number of carbonyl (C=O) groups is 1. The van der Waals surface area contributed by atoms with Crippen LogP contribution in [0, 0.1) is 11.8 Å². The Balaban J connectivity index is 0.00000208. The number of rotatable bonds is 6. The molecule has 24 heavy (non-hydrogen) atoms. The van der Waals surface area contributed by atoms with Gasteiger partial charge in [-0.2, -0.15) is 5.16 Å². The van der Waals surface area contributed by atoms with Crippen molar-refractivity contribution in [1.82, 2.24) is 15.8 Å². The molecule has 1 unspecified atom stereocenters. The molecule has 2 aliphatic rings. The number of H-pyrrole nitrogens is 1. The molecule has 3 rings (SSSR count). The summed E-state index contributed by atoms with van der Waals surface area (Å²) in [7, 11) is 0. The summed E-state index contributed by atoms with van der Waals surface area (Å²) < 4.78 is 4.97. The Hall–Kier alpha value is -1.31. The van der Waals surface area contributed by atoms with Gasteiger partial charge in [0.2, 0.25) is 5.91 Å². The molecule has 1 atom stereocenters. The van der Waals surface area contributed by atoms with Crippen LogP contribution in [0.3, 0.4) is 0 Å². The highest BCUT2D eigenvalue weighted by atomic mass is 35.5. The molecule has 1 aromatic heterocycles. The van der Waals surface area contributed by atoms with E-state index in [9.17, 15) is 14.7 Å². The van der Waals surface area contributed by atoms with Crippen LogP contribution in [-0.4, -0.2) is 41.4 Å². The fourth-order valence-corrected chi connectivity index (χ4v) is 3.69. The average molecular weight is 360 g/mol. The molecule has 2 fully saturated rings. The maximum Gasteiger partial charge on any atom is 0.280 e. The normalized spacial score (nSPS) is 25.4. The van der Waals surface area contributed by atoms with Crippen LogP contribution in [0.1, 0.15) is 37.9 Å². The lowest BCUT2D eigenvalue weighted by Crippen LogP contribution is -2.52. The number of carbonyl (C=O) groups excluding carboxylic acids is 1. The van der Waals surface area contributed by atoms with Gasteiger partial charge in [0.05, 0.1) is 6.10 Å². The number of aryl methyl sites for hydroxylation is 1. The minimum Gasteiger partial charge on any atom is -0.393 e. The molecule has 0 aromatic carbocycles. The first-order valence-corrected chi connectivity index (χ1v) is 8.47. The Morgan fingerprint density at radius 3 is 2.62 bits per heavy atom. The number of aromatic nitrogens is 1. The summed E-state index contributed by atoms with van der Waals surface area (Å²) in [5.41, 5.74) is -0.281. The highest BCUT2D eigenvalue weighted by Gasteiger charge is 2.39. The van der Waals surface area contributed by atoms with Crippen molar-refractivity contribution in [3.63, 3.8) is 0 Å². The predicted octanol–water partition coefficient (Wildman–Crippen LogP) is 0.578. The Labute approximate surface area is 146 Å². The van der Waals surface area contributed by atoms with Crippen LogP contribution >= 0.6 is 12.4 Å². The molecule has 1 aliphatic carbocycles. The van der Waals surface area contributed by atoms with Gasteiger partial charge < -0.3 is 20.3 Å². The molecule has 0 bridgehead atoms. The van der Waals surface area contributed by atoms with Crippen LogP contribution in [0.4, 0.5) is 0 Å². The van der Waals surface area contributed by atoms with Crippen molar-refractivity contribution >= 4 is 18.3 Å². The van der Waals surface area contributed by atoms with E-state index in [2.05, 4.69) is 15.8 Å². The first-order valence-electron chi connectivity index (χ1n) is 8.47. The standard InChI is InChI=1S/C16H25N3O4.ClH/c20-12-7-11(8-12)16(10-3-5-17-6-4-10)18-14(21)2-1-13-9-15(22)19-23-13;/h9-12,16-17,20H,1-8H2,(H,18,21)(H,19,22);1H. The number of piperidine rings is 1. The van der Waals surface area contributed by atoms with Gasteiger partial charge in [0.1, 0.15) is 5.76 Å². The molecular formula is C16H26ClN3O4. The van der Waals surface area contributed by atoms with Crippen LogP contribution in [0.15, 0.2) is 15.4 Å². The predicted molar refractivity (Wildman–Crippen MR) is 91.2 cm³/mol. The number of hydrogen-bond acceptors (Lipinski definition) is 5. The minimum atomic E-state index is -0.281. The van der Waals surface area contributed by atoms with Crippen LogP contribution < -0.4 is 16.2 Å². The number of amides is 1. The number of halogens is 1. The van der Waals surface area contributed by atoms with Gasteiger partial charge in [0.15, 0.2) is 0 Å². The van der Waals surface area contributed by atoms with E-state index < -0.39 is 0 Å². The van der Waals surface area contributed by atoms with Gasteiger partial charge in [0.25, 0.3) is 5.56 Å². The first-order chi connectivity index (χ1) is 11.1. The smallest absolute Gasteiger partial charge is 0.280 e. The van der Waals surface area contributed by atoms with Gasteiger partial charge in [0, 0.05) is 24.9 Å². The third-order valence-electron chi connectivity index (χ3n) is 5.05. The van der Waals surface area contributed by atoms with Crippen molar-refractivity contribution in [2.45, 2.75) is 50.7 Å². The van der Waals surface area contributed by atoms with Crippen molar-refractivity contribution in [2.75, 3.05) is 13.1 Å². The highest BCUT2D eigenvalue weighted by Crippen LogP contribution is 2.35. The molecule has 1 aromatic rings. The zero-order valence-electron chi connectivity index (χ0n) is 13.6. The molecule has 0 radical (unpaired) electrons. The molecule has 1 aliphatic heterocycles. The van der Waals surface area contributed by atoms with Crippen molar-refractivity contribution < 1.29 is 14.4 Å². The Morgan fingerprint density at radius 1 is 1.33 bits per heavy atom. The highest BCUT2D eigenvalue weighted by molar-refractivity contribution is 5.85. The minimum absolute atomic E-state index is 0. The van der Waals surface area contributed by atoms with E-state index in [0.717, 1.165) is 38.8 Å². The van der Waals surface area contributed by atoms with Gasteiger partial charge in [-0.05, 0) is 50.6 Å². The third-order valence-corrected chi connectivity index (χ3v) is 5.05. The van der Waals surface area contributed by atoms with Crippen LogP contribution in [0.5, 0.6) is 0 Å². The molecule has 1 saturated heterocycles. The topological polar surface area (TPSA) is 107 Å². The summed E-state index contributed by atoms with van der Waals surface area (Å²) in [6, 6.07) is 1.52. The second kappa shape index (κ2) is 8.69. The van der Waals surface area contributed by atoms with Crippen molar-refractivity contribution in [1.29, 1.82) is 0 Å². The van der Waals surface area contributed by atoms with Crippen molar-refractivity contribution in [3.8, 4) is 0 Å². The second-order valence-corrected chi connectivity index (χ2v) is 6.75. The fourth-order valence-electron chi connectivity index (χ4n) is 3.69. The zero-order chi connectivity index (χ0) is 16.2. The lowest BCUT2D eigenvalue weighted by molar-refractivity contribution is -0.123. The van der Waals surface area contributed by atoms with Gasteiger partial charge in [-0.3, -0.25) is 9.59 Å². The van der Waals surface area contributed by atoms with Gasteiger partial charge in [-0.15, -0.1) is 12.4 Å². The van der Waals surface area contributed by atoms with E-state index in [1.54, 1.807) is 0 Å². The van der Waals surface area contributed by atoms with Crippen LogP contribution in [0.2, 0.25) is 0 Å². The third kappa shape index (κ3) is 4.84. The van der Waals surface area contributed by atoms with E-state index in [-0.39, 0.29) is 36.0 Å². The summed E-state index contributed by atoms with van der Waals surface area (Å²) >= 11 is 0. The summed E-state index contributed by atoms with van der Waals surface area (Å²) in [4.78, 5) is 23.3. The van der Waals surface area contributed by atoms with E-state index in [4.69, 9.17) is 4.52 Å². The SMILES string of the molecule is Cl.O=C(CCc1cc(=O)[nH]o1)NC(C1CCNCC1)C1CC(O)C1. The summed E-state index contributed by atoms with van der Waals surface area (Å²) in [5.74, 6) is 1.34. The number of aliphatic hydroxyl groups excluding tert-OH is 1. The largest absolute Gasteiger partial charge is 0.393 e. The number of aromatic amines is 1. The van der Waals surface area contributed by atoms with Gasteiger partial charge >= 0.3 is 0 Å². The molecule has 2 heterocycles. The van der Waals surface area contributed by atoms with Gasteiger partial charge in [-0.25, -0.2) is 0 Å². The number of aliphatic hydroxyl groups is 1. The maximum absolute atomic E-state index is 12.3. The summed E-state index contributed by atoms with van der Waals surface area (Å²) in [6.45, 7) is 1.97. The molecule has 4 N–H and O–H groups in total. The lowest BCUT2D eigenvalue weighted by atomic mass is 9.71. The zero-order valence-corrected chi connectivity index (χ0v) is 14.4. The molecule has 0 spiro atoms. The number of hydrogen-bond donors (Lipinski definition) is 4. The van der Waals surface area contributed by atoms with Crippen LogP contribution in [0.25, 0.3) is 0 Å². The Kier molecular flexibility index (Phi) is 6.89. The fraction of sp³-hybridized carbons (Fsp3) is 0.750. The number of nitrogens with one attached hydrogen (secondary N) is 3. The summed E-state index contributed by atoms with van der Waals surface area (Å²) in [6.07, 6.45) is 4.18. The summed E-state index contributed by atoms with van der Waals surface area (Å²) in [5, 5.41) is 18.3. The second-order valence-electron chi connectivity index (χ2n) is 6.75. The van der Waals surface area contributed by atoms with E-state index in [0.29, 0.717) is 30.4 Å². The Bertz CT molecular complexity index is 576. The quantitative estimate of drug-likeness (QED) is 0.594. The molecule has 1 saturated carbocycles. The maximum atomic E-state index is 12.3. The van der Waals surface area contributed by atoms with E-state index in [1.165, 1.54) is 6.07 Å². The average Bonchev–Trinajstić information content (AvgIpc) is 2.94. The molecular weight excluding hydrogens is 334 g/mol. The molecule has 7 nitrogen and oxygen atoms in total. The van der Waals surface area contributed by atoms with Crippen molar-refractivity contribution in [3.05, 3.63) is 22.2 Å². The molecule has 136 valence electrons.